The Morgan fingerprint density at radius 1 is 1.39 bits per heavy atom. The van der Waals surface area contributed by atoms with Gasteiger partial charge in [-0.1, -0.05) is 18.3 Å². The predicted molar refractivity (Wildman–Crippen MR) is 64.9 cm³/mol. The van der Waals surface area contributed by atoms with Gasteiger partial charge in [0.1, 0.15) is 10.7 Å². The zero-order chi connectivity index (χ0) is 13.1. The molecule has 0 spiro atoms. The maximum Gasteiger partial charge on any atom is 0.326 e. The van der Waals surface area contributed by atoms with Crippen molar-refractivity contribution in [2.45, 2.75) is 13.3 Å². The molecule has 18 heavy (non-hydrogen) atoms. The Morgan fingerprint density at radius 2 is 2.17 bits per heavy atom. The number of nitrogens with zero attached hydrogens (tertiary/aromatic N) is 2. The molecule has 2 aromatic heterocycles. The van der Waals surface area contributed by atoms with E-state index in [4.69, 9.17) is 0 Å². The van der Waals surface area contributed by atoms with Crippen LogP contribution in [0.25, 0.3) is 0 Å². The summed E-state index contributed by atoms with van der Waals surface area (Å²) >= 11 is 1.23. The number of aryl methyl sites for hydroxylation is 1. The number of amides is 1. The van der Waals surface area contributed by atoms with Crippen molar-refractivity contribution in [3.63, 3.8) is 0 Å². The molecule has 0 aliphatic heterocycles. The average Bonchev–Trinajstić information content (AvgIpc) is 2.75. The first kappa shape index (κ1) is 12.2. The van der Waals surface area contributed by atoms with Crippen LogP contribution in [0.4, 0.5) is 5.13 Å². The molecule has 0 saturated carbocycles. The first-order valence-electron chi connectivity index (χ1n) is 5.06. The molecule has 0 aliphatic carbocycles. The summed E-state index contributed by atoms with van der Waals surface area (Å²) in [4.78, 5) is 38.0. The highest BCUT2D eigenvalue weighted by atomic mass is 32.1. The molecule has 2 aromatic rings. The van der Waals surface area contributed by atoms with E-state index in [1.54, 1.807) is 0 Å². The Bertz CT molecular complexity index is 658. The molecule has 8 nitrogen and oxygen atoms in total. The van der Waals surface area contributed by atoms with Gasteiger partial charge < -0.3 is 4.98 Å². The van der Waals surface area contributed by atoms with Crippen LogP contribution in [0.1, 0.15) is 22.4 Å². The van der Waals surface area contributed by atoms with Gasteiger partial charge in [0.15, 0.2) is 0 Å². The molecule has 0 bridgehead atoms. The van der Waals surface area contributed by atoms with Crippen LogP contribution in [-0.2, 0) is 6.42 Å². The Kier molecular flexibility index (Phi) is 3.33. The van der Waals surface area contributed by atoms with Gasteiger partial charge >= 0.3 is 5.69 Å². The SMILES string of the molecule is CCc1nnc(NC(=O)c2cc(=O)[nH]c(=O)[nH]2)s1. The van der Waals surface area contributed by atoms with Crippen molar-refractivity contribution >= 4 is 22.4 Å². The van der Waals surface area contributed by atoms with Crippen LogP contribution in [0.3, 0.4) is 0 Å². The lowest BCUT2D eigenvalue weighted by molar-refractivity contribution is 0.102. The molecule has 0 atom stereocenters. The van der Waals surface area contributed by atoms with E-state index < -0.39 is 17.2 Å². The van der Waals surface area contributed by atoms with Gasteiger partial charge in [-0.05, 0) is 6.42 Å². The highest BCUT2D eigenvalue weighted by Crippen LogP contribution is 2.15. The summed E-state index contributed by atoms with van der Waals surface area (Å²) in [5.74, 6) is -0.614. The first-order chi connectivity index (χ1) is 8.58. The van der Waals surface area contributed by atoms with Crippen molar-refractivity contribution < 1.29 is 4.79 Å². The third-order valence-electron chi connectivity index (χ3n) is 1.99. The molecule has 0 aromatic carbocycles. The zero-order valence-electron chi connectivity index (χ0n) is 9.31. The van der Waals surface area contributed by atoms with Crippen LogP contribution in [0, 0.1) is 0 Å². The molecular weight excluding hydrogens is 258 g/mol. The van der Waals surface area contributed by atoms with Crippen molar-refractivity contribution in [3.8, 4) is 0 Å². The Balaban J connectivity index is 2.21. The van der Waals surface area contributed by atoms with Gasteiger partial charge in [0.25, 0.3) is 11.5 Å². The predicted octanol–water partition coefficient (Wildman–Crippen LogP) is -0.271. The minimum absolute atomic E-state index is 0.128. The molecule has 94 valence electrons. The summed E-state index contributed by atoms with van der Waals surface area (Å²) in [5, 5.41) is 11.1. The lowest BCUT2D eigenvalue weighted by atomic mass is 10.4. The Morgan fingerprint density at radius 3 is 2.78 bits per heavy atom. The number of hydrogen-bond donors (Lipinski definition) is 3. The van der Waals surface area contributed by atoms with Crippen LogP contribution < -0.4 is 16.6 Å². The van der Waals surface area contributed by atoms with Gasteiger partial charge in [0.05, 0.1) is 0 Å². The van der Waals surface area contributed by atoms with Crippen molar-refractivity contribution in [2.75, 3.05) is 5.32 Å². The fourth-order valence-electron chi connectivity index (χ4n) is 1.20. The van der Waals surface area contributed by atoms with Crippen molar-refractivity contribution in [1.29, 1.82) is 0 Å². The molecule has 9 heteroatoms. The largest absolute Gasteiger partial charge is 0.326 e. The normalized spacial score (nSPS) is 10.3. The van der Waals surface area contributed by atoms with Gasteiger partial charge in [-0.2, -0.15) is 0 Å². The fourth-order valence-corrected chi connectivity index (χ4v) is 1.88. The van der Waals surface area contributed by atoms with Gasteiger partial charge in [-0.15, -0.1) is 10.2 Å². The molecule has 0 aliphatic rings. The van der Waals surface area contributed by atoms with Crippen molar-refractivity contribution in [2.24, 2.45) is 0 Å². The maximum absolute atomic E-state index is 11.7. The topological polar surface area (TPSA) is 121 Å². The number of anilines is 1. The average molecular weight is 267 g/mol. The highest BCUT2D eigenvalue weighted by Gasteiger charge is 2.11. The van der Waals surface area contributed by atoms with Gasteiger partial charge in [0.2, 0.25) is 5.13 Å². The summed E-state index contributed by atoms with van der Waals surface area (Å²) in [6, 6.07) is 0.999. The monoisotopic (exact) mass is 267 g/mol. The van der Waals surface area contributed by atoms with E-state index in [-0.39, 0.29) is 5.69 Å². The first-order valence-corrected chi connectivity index (χ1v) is 5.87. The Hall–Kier alpha value is -2.29. The molecule has 0 unspecified atom stereocenters. The second-order valence-electron chi connectivity index (χ2n) is 3.31. The molecular formula is C9H9N5O3S. The quantitative estimate of drug-likeness (QED) is 0.706. The second-order valence-corrected chi connectivity index (χ2v) is 4.37. The van der Waals surface area contributed by atoms with E-state index in [2.05, 4.69) is 20.5 Å². The third kappa shape index (κ3) is 2.69. The lowest BCUT2D eigenvalue weighted by Gasteiger charge is -1.99. The summed E-state index contributed by atoms with van der Waals surface area (Å²) in [7, 11) is 0. The van der Waals surface area contributed by atoms with Crippen LogP contribution in [0.2, 0.25) is 0 Å². The second kappa shape index (κ2) is 4.92. The molecule has 0 radical (unpaired) electrons. The minimum atomic E-state index is -0.737. The maximum atomic E-state index is 11.7. The van der Waals surface area contributed by atoms with Gasteiger partial charge in [-0.25, -0.2) is 4.79 Å². The third-order valence-corrected chi connectivity index (χ3v) is 2.98. The number of aromatic amines is 2. The number of hydrogen-bond acceptors (Lipinski definition) is 6. The number of rotatable bonds is 3. The van der Waals surface area contributed by atoms with E-state index in [1.807, 2.05) is 11.9 Å². The number of H-pyrrole nitrogens is 2. The summed E-state index contributed by atoms with van der Waals surface area (Å²) < 4.78 is 0. The lowest BCUT2D eigenvalue weighted by Crippen LogP contribution is -2.27. The highest BCUT2D eigenvalue weighted by molar-refractivity contribution is 7.15. The summed E-state index contributed by atoms with van der Waals surface area (Å²) in [6.45, 7) is 1.92. The van der Waals surface area contributed by atoms with E-state index in [0.29, 0.717) is 5.13 Å². The number of carbonyl (C=O) groups excluding carboxylic acids is 1. The zero-order valence-corrected chi connectivity index (χ0v) is 10.1. The van der Waals surface area contributed by atoms with Crippen molar-refractivity contribution in [1.82, 2.24) is 20.2 Å². The molecule has 1 amide bonds. The van der Waals surface area contributed by atoms with Crippen molar-refractivity contribution in [3.05, 3.63) is 37.6 Å². The fraction of sp³-hybridized carbons (Fsp3) is 0.222. The molecule has 3 N–H and O–H groups in total. The van der Waals surface area contributed by atoms with Crippen LogP contribution in [0.5, 0.6) is 0 Å². The van der Waals surface area contributed by atoms with Gasteiger partial charge in [-0.3, -0.25) is 19.9 Å². The van der Waals surface area contributed by atoms with E-state index in [9.17, 15) is 14.4 Å². The van der Waals surface area contributed by atoms with Crippen LogP contribution in [0.15, 0.2) is 15.7 Å². The van der Waals surface area contributed by atoms with E-state index in [1.165, 1.54) is 11.3 Å². The van der Waals surface area contributed by atoms with E-state index >= 15 is 0 Å². The Labute approximate surface area is 104 Å². The number of carbonyl (C=O) groups is 1. The van der Waals surface area contributed by atoms with Gasteiger partial charge in [0, 0.05) is 6.07 Å². The molecule has 0 fully saturated rings. The summed E-state index contributed by atoms with van der Waals surface area (Å²) in [6.07, 6.45) is 0.718. The molecule has 0 saturated heterocycles. The van der Waals surface area contributed by atoms with Crippen LogP contribution >= 0.6 is 11.3 Å². The van der Waals surface area contributed by atoms with Crippen LogP contribution in [-0.4, -0.2) is 26.1 Å². The van der Waals surface area contributed by atoms with E-state index in [0.717, 1.165) is 17.5 Å². The molecule has 2 rings (SSSR count). The summed E-state index contributed by atoms with van der Waals surface area (Å²) in [5.41, 5.74) is -1.51. The number of aromatic nitrogens is 4. The molecule has 2 heterocycles. The minimum Gasteiger partial charge on any atom is -0.303 e. The standard InChI is InChI=1S/C9H9N5O3S/c1-2-6-13-14-9(18-6)12-7(16)4-3-5(15)11-8(17)10-4/h3H,2H2,1H3,(H,12,14,16)(H2,10,11,15,17). The number of nitrogens with one attached hydrogen (secondary N) is 3. The smallest absolute Gasteiger partial charge is 0.303 e.